The number of rotatable bonds is 8. The lowest BCUT2D eigenvalue weighted by molar-refractivity contribution is 0.101. The van der Waals surface area contributed by atoms with Gasteiger partial charge in [0.2, 0.25) is 0 Å². The molecule has 0 aromatic heterocycles. The second-order valence-electron chi connectivity index (χ2n) is 5.44. The largest absolute Gasteiger partial charge is 0.315 e. The third-order valence-corrected chi connectivity index (χ3v) is 4.05. The van der Waals surface area contributed by atoms with Gasteiger partial charge in [0.1, 0.15) is 0 Å². The average Bonchev–Trinajstić information content (AvgIpc) is 2.39. The van der Waals surface area contributed by atoms with E-state index in [1.807, 2.05) is 0 Å². The van der Waals surface area contributed by atoms with Crippen LogP contribution in [0, 0.1) is 0 Å². The third-order valence-electron chi connectivity index (χ3n) is 4.05. The minimum atomic E-state index is 0.797. The van der Waals surface area contributed by atoms with Crippen molar-refractivity contribution in [3.63, 3.8) is 0 Å². The minimum Gasteiger partial charge on any atom is -0.315 e. The molecule has 0 aromatic rings. The van der Waals surface area contributed by atoms with Crippen molar-refractivity contribution in [2.24, 2.45) is 0 Å². The van der Waals surface area contributed by atoms with Gasteiger partial charge in [-0.05, 0) is 45.2 Å². The van der Waals surface area contributed by atoms with Gasteiger partial charge in [0, 0.05) is 18.6 Å². The summed E-state index contributed by atoms with van der Waals surface area (Å²) in [5.41, 5.74) is 0. The van der Waals surface area contributed by atoms with Crippen LogP contribution in [0.25, 0.3) is 0 Å². The second-order valence-corrected chi connectivity index (χ2v) is 5.44. The molecule has 1 N–H and O–H groups in total. The number of hydrogen-bond acceptors (Lipinski definition) is 2. The van der Waals surface area contributed by atoms with E-state index in [1.165, 1.54) is 64.6 Å². The number of piperidine rings is 1. The fourth-order valence-electron chi connectivity index (χ4n) is 3.08. The third kappa shape index (κ3) is 4.97. The monoisotopic (exact) mass is 240 g/mol. The fraction of sp³-hybridized carbons (Fsp3) is 1.00. The maximum Gasteiger partial charge on any atom is 0.0224 e. The number of nitrogens with one attached hydrogen (secondary N) is 1. The average molecular weight is 240 g/mol. The van der Waals surface area contributed by atoms with Crippen molar-refractivity contribution in [2.45, 2.75) is 77.8 Å². The molecule has 0 aliphatic carbocycles. The molecule has 2 heteroatoms. The Morgan fingerprint density at radius 2 is 2.06 bits per heavy atom. The van der Waals surface area contributed by atoms with E-state index < -0.39 is 0 Å². The summed E-state index contributed by atoms with van der Waals surface area (Å²) in [7, 11) is 0. The zero-order chi connectivity index (χ0) is 12.5. The van der Waals surface area contributed by atoms with Crippen LogP contribution in [0.1, 0.15) is 65.7 Å². The molecule has 1 heterocycles. The number of hydrogen-bond donors (Lipinski definition) is 1. The smallest absolute Gasteiger partial charge is 0.0224 e. The summed E-state index contributed by atoms with van der Waals surface area (Å²) in [4.78, 5) is 2.81. The lowest BCUT2D eigenvalue weighted by atomic mass is 9.99. The molecule has 1 aliphatic heterocycles. The van der Waals surface area contributed by atoms with Crippen molar-refractivity contribution < 1.29 is 0 Å². The zero-order valence-corrected chi connectivity index (χ0v) is 12.2. The van der Waals surface area contributed by atoms with E-state index >= 15 is 0 Å². The van der Waals surface area contributed by atoms with Crippen molar-refractivity contribution in [1.82, 2.24) is 10.2 Å². The standard InChI is InChI=1S/C15H32N2/c1-4-7-9-14(6-3)17(12-5-2)15-10-8-11-16-13-15/h14-16H,4-13H2,1-3H3. The molecule has 0 radical (unpaired) electrons. The molecule has 1 saturated heterocycles. The topological polar surface area (TPSA) is 15.3 Å². The molecule has 102 valence electrons. The summed E-state index contributed by atoms with van der Waals surface area (Å²) >= 11 is 0. The van der Waals surface area contributed by atoms with Gasteiger partial charge in [-0.15, -0.1) is 0 Å². The highest BCUT2D eigenvalue weighted by Crippen LogP contribution is 2.20. The molecule has 0 spiro atoms. The van der Waals surface area contributed by atoms with Crippen LogP contribution in [0.4, 0.5) is 0 Å². The van der Waals surface area contributed by atoms with Gasteiger partial charge in [-0.2, -0.15) is 0 Å². The van der Waals surface area contributed by atoms with Gasteiger partial charge in [0.05, 0.1) is 0 Å². The molecular weight excluding hydrogens is 208 g/mol. The van der Waals surface area contributed by atoms with E-state index in [1.54, 1.807) is 0 Å². The first-order valence-corrected chi connectivity index (χ1v) is 7.79. The van der Waals surface area contributed by atoms with Crippen molar-refractivity contribution in [1.29, 1.82) is 0 Å². The Morgan fingerprint density at radius 1 is 1.24 bits per heavy atom. The molecule has 1 aliphatic rings. The predicted octanol–water partition coefficient (Wildman–Crippen LogP) is 3.42. The van der Waals surface area contributed by atoms with E-state index in [-0.39, 0.29) is 0 Å². The highest BCUT2D eigenvalue weighted by molar-refractivity contribution is 4.83. The molecule has 0 amide bonds. The van der Waals surface area contributed by atoms with Crippen molar-refractivity contribution in [3.05, 3.63) is 0 Å². The second kappa shape index (κ2) is 8.93. The van der Waals surface area contributed by atoms with Crippen LogP contribution in [0.3, 0.4) is 0 Å². The highest BCUT2D eigenvalue weighted by atomic mass is 15.2. The minimum absolute atomic E-state index is 0.797. The fourth-order valence-corrected chi connectivity index (χ4v) is 3.08. The van der Waals surface area contributed by atoms with Gasteiger partial charge in [0.15, 0.2) is 0 Å². The van der Waals surface area contributed by atoms with E-state index in [0.717, 1.165) is 12.1 Å². The highest BCUT2D eigenvalue weighted by Gasteiger charge is 2.25. The first-order valence-electron chi connectivity index (χ1n) is 7.79. The normalized spacial score (nSPS) is 22.9. The van der Waals surface area contributed by atoms with E-state index in [4.69, 9.17) is 0 Å². The molecule has 0 saturated carbocycles. The van der Waals surface area contributed by atoms with E-state index in [9.17, 15) is 0 Å². The van der Waals surface area contributed by atoms with Gasteiger partial charge in [-0.1, -0.05) is 33.6 Å². The Hall–Kier alpha value is -0.0800. The summed E-state index contributed by atoms with van der Waals surface area (Å²) in [5, 5.41) is 3.57. The van der Waals surface area contributed by atoms with Crippen molar-refractivity contribution in [2.75, 3.05) is 19.6 Å². The number of unbranched alkanes of at least 4 members (excludes halogenated alkanes) is 1. The molecule has 0 aromatic carbocycles. The molecule has 17 heavy (non-hydrogen) atoms. The van der Waals surface area contributed by atoms with Crippen molar-refractivity contribution in [3.8, 4) is 0 Å². The summed E-state index contributed by atoms with van der Waals surface area (Å²) in [6, 6.07) is 1.62. The Bertz CT molecular complexity index is 176. The van der Waals surface area contributed by atoms with Crippen LogP contribution in [0.15, 0.2) is 0 Å². The van der Waals surface area contributed by atoms with Gasteiger partial charge in [-0.25, -0.2) is 0 Å². The molecule has 0 bridgehead atoms. The van der Waals surface area contributed by atoms with Crippen molar-refractivity contribution >= 4 is 0 Å². The van der Waals surface area contributed by atoms with Crippen LogP contribution >= 0.6 is 0 Å². The van der Waals surface area contributed by atoms with Crippen LogP contribution < -0.4 is 5.32 Å². The van der Waals surface area contributed by atoms with Gasteiger partial charge >= 0.3 is 0 Å². The molecule has 2 unspecified atom stereocenters. The molecule has 2 nitrogen and oxygen atoms in total. The Morgan fingerprint density at radius 3 is 2.59 bits per heavy atom. The molecule has 1 rings (SSSR count). The lowest BCUT2D eigenvalue weighted by Crippen LogP contribution is -2.50. The summed E-state index contributed by atoms with van der Waals surface area (Å²) in [6.45, 7) is 10.7. The van der Waals surface area contributed by atoms with Crippen LogP contribution in [-0.2, 0) is 0 Å². The molecular formula is C15H32N2. The lowest BCUT2D eigenvalue weighted by Gasteiger charge is -2.40. The van der Waals surface area contributed by atoms with E-state index in [0.29, 0.717) is 0 Å². The maximum absolute atomic E-state index is 3.57. The molecule has 1 fully saturated rings. The summed E-state index contributed by atoms with van der Waals surface area (Å²) in [6.07, 6.45) is 9.47. The zero-order valence-electron chi connectivity index (χ0n) is 12.2. The summed E-state index contributed by atoms with van der Waals surface area (Å²) in [5.74, 6) is 0. The SMILES string of the molecule is CCCCC(CC)N(CCC)C1CCCNC1. The van der Waals surface area contributed by atoms with Crippen LogP contribution in [0.2, 0.25) is 0 Å². The van der Waals surface area contributed by atoms with Gasteiger partial charge in [0.25, 0.3) is 0 Å². The predicted molar refractivity (Wildman–Crippen MR) is 76.5 cm³/mol. The Balaban J connectivity index is 2.53. The Labute approximate surface area is 108 Å². The van der Waals surface area contributed by atoms with Crippen LogP contribution in [0.5, 0.6) is 0 Å². The van der Waals surface area contributed by atoms with Gasteiger partial charge in [-0.3, -0.25) is 4.90 Å². The van der Waals surface area contributed by atoms with E-state index in [2.05, 4.69) is 31.0 Å². The number of nitrogens with zero attached hydrogens (tertiary/aromatic N) is 1. The maximum atomic E-state index is 3.57. The summed E-state index contributed by atoms with van der Waals surface area (Å²) < 4.78 is 0. The van der Waals surface area contributed by atoms with Gasteiger partial charge < -0.3 is 5.32 Å². The molecule has 2 atom stereocenters. The first-order chi connectivity index (χ1) is 8.33. The Kier molecular flexibility index (Phi) is 7.87. The first kappa shape index (κ1) is 15.0. The van der Waals surface area contributed by atoms with Crippen LogP contribution in [-0.4, -0.2) is 36.6 Å². The quantitative estimate of drug-likeness (QED) is 0.699.